The van der Waals surface area contributed by atoms with Gasteiger partial charge in [0.1, 0.15) is 6.10 Å². The molecule has 0 saturated heterocycles. The first-order valence-corrected chi connectivity index (χ1v) is 5.64. The second kappa shape index (κ2) is 5.46. The predicted octanol–water partition coefficient (Wildman–Crippen LogP) is 2.05. The topological polar surface area (TPSA) is 67.0 Å². The van der Waals surface area contributed by atoms with E-state index < -0.39 is 6.10 Å². The number of aromatic nitrogens is 2. The largest absolute Gasteiger partial charge is 0.372 e. The molecule has 0 aliphatic heterocycles. The van der Waals surface area contributed by atoms with E-state index in [9.17, 15) is 4.79 Å². The highest BCUT2D eigenvalue weighted by Gasteiger charge is 2.11. The zero-order valence-corrected chi connectivity index (χ0v) is 10.3. The van der Waals surface area contributed by atoms with Crippen molar-refractivity contribution in [2.45, 2.75) is 13.0 Å². The average Bonchev–Trinajstić information content (AvgIpc) is 2.92. The van der Waals surface area contributed by atoms with Crippen molar-refractivity contribution in [1.29, 1.82) is 0 Å². The van der Waals surface area contributed by atoms with Crippen molar-refractivity contribution in [3.63, 3.8) is 0 Å². The second-order valence-electron chi connectivity index (χ2n) is 3.91. The lowest BCUT2D eigenvalue weighted by atomic mass is 10.1. The normalized spacial score (nSPS) is 12.1. The lowest BCUT2D eigenvalue weighted by Crippen LogP contribution is -2.26. The molecule has 2 rings (SSSR count). The van der Waals surface area contributed by atoms with Gasteiger partial charge in [0.25, 0.3) is 5.91 Å². The highest BCUT2D eigenvalue weighted by Crippen LogP contribution is 2.18. The van der Waals surface area contributed by atoms with Crippen molar-refractivity contribution in [3.05, 3.63) is 36.5 Å². The van der Waals surface area contributed by atoms with Crippen LogP contribution in [-0.4, -0.2) is 29.3 Å². The van der Waals surface area contributed by atoms with Gasteiger partial charge < -0.3 is 10.1 Å². The quantitative estimate of drug-likeness (QED) is 0.866. The fourth-order valence-electron chi connectivity index (χ4n) is 1.50. The van der Waals surface area contributed by atoms with Crippen LogP contribution < -0.4 is 5.32 Å². The first-order chi connectivity index (χ1) is 8.70. The van der Waals surface area contributed by atoms with Crippen molar-refractivity contribution >= 4 is 11.6 Å². The first kappa shape index (κ1) is 12.3. The fourth-order valence-corrected chi connectivity index (χ4v) is 1.50. The van der Waals surface area contributed by atoms with E-state index in [0.29, 0.717) is 0 Å². The Morgan fingerprint density at radius 3 is 2.61 bits per heavy atom. The van der Waals surface area contributed by atoms with E-state index in [0.717, 1.165) is 16.9 Å². The number of hydrogen-bond donors (Lipinski definition) is 2. The minimum Gasteiger partial charge on any atom is -0.372 e. The number of nitrogens with zero attached hydrogens (tertiary/aromatic N) is 1. The maximum Gasteiger partial charge on any atom is 0.253 e. The Bertz CT molecular complexity index is 506. The zero-order valence-electron chi connectivity index (χ0n) is 10.3. The molecule has 0 radical (unpaired) electrons. The summed E-state index contributed by atoms with van der Waals surface area (Å²) in [5.74, 6) is -0.160. The van der Waals surface area contributed by atoms with Gasteiger partial charge in [-0.15, -0.1) is 0 Å². The smallest absolute Gasteiger partial charge is 0.253 e. The van der Waals surface area contributed by atoms with Crippen molar-refractivity contribution in [2.75, 3.05) is 12.4 Å². The molecule has 1 aromatic carbocycles. The molecule has 0 aliphatic carbocycles. The molecular formula is C13H15N3O2. The van der Waals surface area contributed by atoms with Crippen LogP contribution in [0.4, 0.5) is 5.69 Å². The Morgan fingerprint density at radius 1 is 1.33 bits per heavy atom. The summed E-state index contributed by atoms with van der Waals surface area (Å²) in [6.45, 7) is 1.70. The van der Waals surface area contributed by atoms with Crippen LogP contribution in [0.2, 0.25) is 0 Å². The number of carbonyl (C=O) groups is 1. The molecule has 0 saturated carbocycles. The molecule has 1 unspecified atom stereocenters. The molecule has 1 aromatic heterocycles. The highest BCUT2D eigenvalue weighted by molar-refractivity contribution is 5.94. The van der Waals surface area contributed by atoms with Crippen LogP contribution in [0.5, 0.6) is 0 Å². The van der Waals surface area contributed by atoms with E-state index in [1.165, 1.54) is 7.11 Å². The molecule has 2 N–H and O–H groups in total. The summed E-state index contributed by atoms with van der Waals surface area (Å²) in [6.07, 6.45) is 1.24. The maximum atomic E-state index is 11.6. The third kappa shape index (κ3) is 2.75. The molecule has 0 fully saturated rings. The average molecular weight is 245 g/mol. The Morgan fingerprint density at radius 2 is 2.06 bits per heavy atom. The molecule has 94 valence electrons. The van der Waals surface area contributed by atoms with Crippen LogP contribution in [-0.2, 0) is 9.53 Å². The number of aromatic amines is 1. The monoisotopic (exact) mass is 245 g/mol. The van der Waals surface area contributed by atoms with Gasteiger partial charge >= 0.3 is 0 Å². The number of methoxy groups -OCH3 is 1. The summed E-state index contributed by atoms with van der Waals surface area (Å²) in [4.78, 5) is 11.6. The number of carbonyl (C=O) groups excluding carboxylic acids is 1. The van der Waals surface area contributed by atoms with Gasteiger partial charge in [-0.2, -0.15) is 5.10 Å². The van der Waals surface area contributed by atoms with Gasteiger partial charge in [-0.25, -0.2) is 0 Å². The minimum atomic E-state index is -0.461. The summed E-state index contributed by atoms with van der Waals surface area (Å²) in [5, 5.41) is 9.55. The predicted molar refractivity (Wildman–Crippen MR) is 69.1 cm³/mol. The van der Waals surface area contributed by atoms with Crippen molar-refractivity contribution in [1.82, 2.24) is 10.2 Å². The Kier molecular flexibility index (Phi) is 3.74. The van der Waals surface area contributed by atoms with E-state index in [2.05, 4.69) is 15.5 Å². The number of H-pyrrole nitrogens is 1. The van der Waals surface area contributed by atoms with Crippen LogP contribution in [0.25, 0.3) is 11.3 Å². The van der Waals surface area contributed by atoms with Gasteiger partial charge in [0.2, 0.25) is 0 Å². The number of amides is 1. The van der Waals surface area contributed by atoms with Crippen molar-refractivity contribution < 1.29 is 9.53 Å². The SMILES string of the molecule is COC(C)C(=O)Nc1ccc(-c2ccn[nH]2)cc1. The van der Waals surface area contributed by atoms with Crippen molar-refractivity contribution in [3.8, 4) is 11.3 Å². The molecule has 5 heteroatoms. The van der Waals surface area contributed by atoms with Crippen LogP contribution in [0.15, 0.2) is 36.5 Å². The van der Waals surface area contributed by atoms with Gasteiger partial charge in [0.15, 0.2) is 0 Å². The lowest BCUT2D eigenvalue weighted by Gasteiger charge is -2.10. The molecule has 1 amide bonds. The van der Waals surface area contributed by atoms with E-state index >= 15 is 0 Å². The summed E-state index contributed by atoms with van der Waals surface area (Å²) >= 11 is 0. The number of ether oxygens (including phenoxy) is 1. The van der Waals surface area contributed by atoms with Gasteiger partial charge in [-0.05, 0) is 30.7 Å². The number of anilines is 1. The molecule has 18 heavy (non-hydrogen) atoms. The zero-order chi connectivity index (χ0) is 13.0. The van der Waals surface area contributed by atoms with Gasteiger partial charge in [-0.1, -0.05) is 12.1 Å². The number of nitrogens with one attached hydrogen (secondary N) is 2. The lowest BCUT2D eigenvalue weighted by molar-refractivity contribution is -0.124. The second-order valence-corrected chi connectivity index (χ2v) is 3.91. The molecule has 2 aromatic rings. The van der Waals surface area contributed by atoms with Crippen LogP contribution in [0.1, 0.15) is 6.92 Å². The number of benzene rings is 1. The summed E-state index contributed by atoms with van der Waals surface area (Å²) in [6, 6.07) is 9.41. The van der Waals surface area contributed by atoms with Gasteiger partial charge in [0, 0.05) is 19.0 Å². The molecule has 0 spiro atoms. The van der Waals surface area contributed by atoms with Crippen LogP contribution in [0, 0.1) is 0 Å². The number of hydrogen-bond acceptors (Lipinski definition) is 3. The summed E-state index contributed by atoms with van der Waals surface area (Å²) in [5.41, 5.74) is 2.70. The van der Waals surface area contributed by atoms with E-state index in [1.54, 1.807) is 13.1 Å². The van der Waals surface area contributed by atoms with Gasteiger partial charge in [-0.3, -0.25) is 9.89 Å². The summed E-state index contributed by atoms with van der Waals surface area (Å²) < 4.78 is 4.94. The molecule has 0 aliphatic rings. The van der Waals surface area contributed by atoms with E-state index in [4.69, 9.17) is 4.74 Å². The first-order valence-electron chi connectivity index (χ1n) is 5.64. The molecule has 5 nitrogen and oxygen atoms in total. The molecule has 1 heterocycles. The minimum absolute atomic E-state index is 0.160. The van der Waals surface area contributed by atoms with Crippen LogP contribution in [0.3, 0.4) is 0 Å². The van der Waals surface area contributed by atoms with E-state index in [-0.39, 0.29) is 5.91 Å². The Balaban J connectivity index is 2.06. The maximum absolute atomic E-state index is 11.6. The van der Waals surface area contributed by atoms with Crippen LogP contribution >= 0.6 is 0 Å². The molecule has 1 atom stereocenters. The highest BCUT2D eigenvalue weighted by atomic mass is 16.5. The van der Waals surface area contributed by atoms with E-state index in [1.807, 2.05) is 30.3 Å². The standard InChI is InChI=1S/C13H15N3O2/c1-9(18-2)13(17)15-11-5-3-10(4-6-11)12-7-8-14-16-12/h3-9H,1-2H3,(H,14,16)(H,15,17). The van der Waals surface area contributed by atoms with Gasteiger partial charge in [0.05, 0.1) is 5.69 Å². The Labute approximate surface area is 105 Å². The molecule has 0 bridgehead atoms. The number of rotatable bonds is 4. The fraction of sp³-hybridized carbons (Fsp3) is 0.231. The molecular weight excluding hydrogens is 230 g/mol. The van der Waals surface area contributed by atoms with Crippen molar-refractivity contribution in [2.24, 2.45) is 0 Å². The summed E-state index contributed by atoms with van der Waals surface area (Å²) in [7, 11) is 1.51. The Hall–Kier alpha value is -2.14. The third-order valence-corrected chi connectivity index (χ3v) is 2.69. The third-order valence-electron chi connectivity index (χ3n) is 2.69.